The summed E-state index contributed by atoms with van der Waals surface area (Å²) in [5.74, 6) is -0.315. The van der Waals surface area contributed by atoms with Gasteiger partial charge < -0.3 is 10.4 Å². The number of hydrogen-bond donors (Lipinski definition) is 2. The maximum absolute atomic E-state index is 12.3. The molecule has 1 saturated carbocycles. The average molecular weight is 323 g/mol. The van der Waals surface area contributed by atoms with Crippen LogP contribution in [0.4, 0.5) is 5.82 Å². The van der Waals surface area contributed by atoms with Crippen molar-refractivity contribution in [3.63, 3.8) is 0 Å². The van der Waals surface area contributed by atoms with Gasteiger partial charge in [0.25, 0.3) is 5.91 Å². The van der Waals surface area contributed by atoms with Gasteiger partial charge in [-0.3, -0.25) is 4.79 Å². The summed E-state index contributed by atoms with van der Waals surface area (Å²) in [7, 11) is 0. The van der Waals surface area contributed by atoms with Gasteiger partial charge in [0.05, 0.1) is 17.8 Å². The van der Waals surface area contributed by atoms with E-state index in [4.69, 9.17) is 0 Å². The van der Waals surface area contributed by atoms with E-state index in [9.17, 15) is 9.90 Å². The predicted molar refractivity (Wildman–Crippen MR) is 88.9 cm³/mol. The van der Waals surface area contributed by atoms with E-state index in [0.717, 1.165) is 23.9 Å². The van der Waals surface area contributed by atoms with Crippen LogP contribution in [0.2, 0.25) is 0 Å². The number of hydrogen-bond acceptors (Lipinski definition) is 5. The van der Waals surface area contributed by atoms with E-state index in [-0.39, 0.29) is 17.5 Å². The maximum atomic E-state index is 12.3. The van der Waals surface area contributed by atoms with E-state index < -0.39 is 0 Å². The lowest BCUT2D eigenvalue weighted by molar-refractivity contribution is 0.102. The van der Waals surface area contributed by atoms with Gasteiger partial charge in [-0.2, -0.15) is 5.10 Å². The molecule has 3 aromatic heterocycles. The third-order valence-corrected chi connectivity index (χ3v) is 4.38. The molecule has 1 fully saturated rings. The van der Waals surface area contributed by atoms with Crippen molar-refractivity contribution >= 4 is 22.8 Å². The van der Waals surface area contributed by atoms with Crippen LogP contribution in [0.25, 0.3) is 11.0 Å². The number of nitrogens with one attached hydrogen (secondary N) is 1. The SMILES string of the molecule is O=C(Nc1ncccc1O)c1cnc2c(cnn2C2CCCC2)c1. The quantitative estimate of drug-likeness (QED) is 0.773. The summed E-state index contributed by atoms with van der Waals surface area (Å²) in [6.45, 7) is 0. The van der Waals surface area contributed by atoms with Gasteiger partial charge in [0.1, 0.15) is 0 Å². The Kier molecular flexibility index (Phi) is 3.60. The molecule has 3 heterocycles. The number of carbonyl (C=O) groups excluding carboxylic acids is 1. The molecule has 7 nitrogen and oxygen atoms in total. The first-order chi connectivity index (χ1) is 11.7. The number of pyridine rings is 2. The molecule has 1 aliphatic rings. The second-order valence-electron chi connectivity index (χ2n) is 5.99. The van der Waals surface area contributed by atoms with Gasteiger partial charge in [0.15, 0.2) is 17.2 Å². The molecule has 7 heteroatoms. The fraction of sp³-hybridized carbons (Fsp3) is 0.294. The third-order valence-electron chi connectivity index (χ3n) is 4.38. The fourth-order valence-electron chi connectivity index (χ4n) is 3.15. The molecule has 0 spiro atoms. The number of carbonyl (C=O) groups is 1. The summed E-state index contributed by atoms with van der Waals surface area (Å²) in [6.07, 6.45) is 9.47. The van der Waals surface area contributed by atoms with Crippen LogP contribution in [0, 0.1) is 0 Å². The highest BCUT2D eigenvalue weighted by atomic mass is 16.3. The molecular weight excluding hydrogens is 306 g/mol. The highest BCUT2D eigenvalue weighted by Gasteiger charge is 2.20. The van der Waals surface area contributed by atoms with E-state index in [1.54, 1.807) is 18.3 Å². The van der Waals surface area contributed by atoms with Crippen molar-refractivity contribution in [2.75, 3.05) is 5.32 Å². The van der Waals surface area contributed by atoms with Gasteiger partial charge in [-0.25, -0.2) is 14.6 Å². The molecule has 0 aliphatic heterocycles. The van der Waals surface area contributed by atoms with Crippen LogP contribution in [0.15, 0.2) is 36.8 Å². The van der Waals surface area contributed by atoms with Crippen molar-refractivity contribution in [2.24, 2.45) is 0 Å². The highest BCUT2D eigenvalue weighted by molar-refractivity contribution is 6.05. The molecule has 3 aromatic rings. The molecule has 0 bridgehead atoms. The molecule has 0 radical (unpaired) electrons. The van der Waals surface area contributed by atoms with Crippen molar-refractivity contribution < 1.29 is 9.90 Å². The molecule has 122 valence electrons. The number of amides is 1. The Bertz CT molecular complexity index is 899. The minimum Gasteiger partial charge on any atom is -0.504 e. The summed E-state index contributed by atoms with van der Waals surface area (Å²) < 4.78 is 1.97. The lowest BCUT2D eigenvalue weighted by Crippen LogP contribution is -2.13. The monoisotopic (exact) mass is 323 g/mol. The van der Waals surface area contributed by atoms with Crippen molar-refractivity contribution in [2.45, 2.75) is 31.7 Å². The third kappa shape index (κ3) is 2.58. The molecule has 0 aromatic carbocycles. The van der Waals surface area contributed by atoms with Crippen molar-refractivity contribution in [1.29, 1.82) is 0 Å². The topological polar surface area (TPSA) is 92.9 Å². The summed E-state index contributed by atoms with van der Waals surface area (Å²) >= 11 is 0. The largest absolute Gasteiger partial charge is 0.504 e. The number of fused-ring (bicyclic) bond motifs is 1. The number of nitrogens with zero attached hydrogens (tertiary/aromatic N) is 4. The zero-order chi connectivity index (χ0) is 16.5. The van der Waals surface area contributed by atoms with Gasteiger partial charge in [-0.15, -0.1) is 0 Å². The van der Waals surface area contributed by atoms with Crippen LogP contribution in [0.5, 0.6) is 5.75 Å². The van der Waals surface area contributed by atoms with E-state index in [1.807, 2.05) is 4.68 Å². The minimum atomic E-state index is -0.369. The first-order valence-electron chi connectivity index (χ1n) is 8.01. The summed E-state index contributed by atoms with van der Waals surface area (Å²) in [5, 5.41) is 17.6. The first-order valence-corrected chi connectivity index (χ1v) is 8.01. The lowest BCUT2D eigenvalue weighted by Gasteiger charge is -2.10. The molecule has 0 unspecified atom stereocenters. The van der Waals surface area contributed by atoms with E-state index in [2.05, 4.69) is 20.4 Å². The summed E-state index contributed by atoms with van der Waals surface area (Å²) in [5.41, 5.74) is 1.21. The zero-order valence-electron chi connectivity index (χ0n) is 13.0. The Morgan fingerprint density at radius 1 is 1.25 bits per heavy atom. The minimum absolute atomic E-state index is 0.0751. The smallest absolute Gasteiger partial charge is 0.258 e. The number of anilines is 1. The van der Waals surface area contributed by atoms with Crippen molar-refractivity contribution in [3.8, 4) is 5.75 Å². The Labute approximate surface area is 138 Å². The van der Waals surface area contributed by atoms with Gasteiger partial charge >= 0.3 is 0 Å². The Balaban J connectivity index is 1.61. The Morgan fingerprint density at radius 3 is 2.88 bits per heavy atom. The highest BCUT2D eigenvalue weighted by Crippen LogP contribution is 2.31. The van der Waals surface area contributed by atoms with Crippen LogP contribution in [-0.2, 0) is 0 Å². The van der Waals surface area contributed by atoms with Crippen LogP contribution < -0.4 is 5.32 Å². The van der Waals surface area contributed by atoms with E-state index in [1.165, 1.54) is 31.3 Å². The number of rotatable bonds is 3. The van der Waals surface area contributed by atoms with Crippen molar-refractivity contribution in [3.05, 3.63) is 42.4 Å². The lowest BCUT2D eigenvalue weighted by atomic mass is 10.2. The Morgan fingerprint density at radius 2 is 2.08 bits per heavy atom. The summed E-state index contributed by atoms with van der Waals surface area (Å²) in [4.78, 5) is 20.7. The number of aromatic hydroxyl groups is 1. The number of aromatic nitrogens is 4. The molecule has 0 saturated heterocycles. The van der Waals surface area contributed by atoms with Crippen LogP contribution in [0.1, 0.15) is 42.1 Å². The van der Waals surface area contributed by atoms with Gasteiger partial charge in [-0.05, 0) is 31.0 Å². The van der Waals surface area contributed by atoms with Gasteiger partial charge in [0.2, 0.25) is 0 Å². The zero-order valence-corrected chi connectivity index (χ0v) is 13.0. The molecular formula is C17H17N5O2. The van der Waals surface area contributed by atoms with E-state index in [0.29, 0.717) is 11.6 Å². The average Bonchev–Trinajstić information content (AvgIpc) is 3.25. The molecule has 0 atom stereocenters. The molecule has 2 N–H and O–H groups in total. The molecule has 1 amide bonds. The molecule has 4 rings (SSSR count). The molecule has 1 aliphatic carbocycles. The van der Waals surface area contributed by atoms with Gasteiger partial charge in [-0.1, -0.05) is 12.8 Å². The molecule has 24 heavy (non-hydrogen) atoms. The standard InChI is InChI=1S/C17H17N5O2/c23-14-6-3-7-18-15(14)21-17(24)12-8-11-10-20-22(16(11)19-9-12)13-4-1-2-5-13/h3,6-10,13,23H,1-2,4-5H2,(H,18,21,24). The van der Waals surface area contributed by atoms with Crippen molar-refractivity contribution in [1.82, 2.24) is 19.7 Å². The van der Waals surface area contributed by atoms with E-state index >= 15 is 0 Å². The first kappa shape index (κ1) is 14.6. The second-order valence-corrected chi connectivity index (χ2v) is 5.99. The second kappa shape index (κ2) is 5.92. The normalized spacial score (nSPS) is 15.0. The predicted octanol–water partition coefficient (Wildman–Crippen LogP) is 2.90. The maximum Gasteiger partial charge on any atom is 0.258 e. The fourth-order valence-corrected chi connectivity index (χ4v) is 3.15. The van der Waals surface area contributed by atoms with Crippen LogP contribution in [0.3, 0.4) is 0 Å². The van der Waals surface area contributed by atoms with Crippen LogP contribution >= 0.6 is 0 Å². The summed E-state index contributed by atoms with van der Waals surface area (Å²) in [6, 6.07) is 5.22. The van der Waals surface area contributed by atoms with Gasteiger partial charge in [0, 0.05) is 17.8 Å². The van der Waals surface area contributed by atoms with Crippen LogP contribution in [-0.4, -0.2) is 30.8 Å². The Hall–Kier alpha value is -2.96.